The largest absolute Gasteiger partial charge is 0.493 e. The van der Waals surface area contributed by atoms with Crippen LogP contribution in [-0.2, 0) is 22.6 Å². The Morgan fingerprint density at radius 2 is 1.90 bits per heavy atom. The lowest BCUT2D eigenvalue weighted by atomic mass is 10.0. The predicted molar refractivity (Wildman–Crippen MR) is 114 cm³/mol. The Labute approximate surface area is 177 Å². The molecule has 1 saturated heterocycles. The van der Waals surface area contributed by atoms with Crippen molar-refractivity contribution in [2.75, 3.05) is 32.8 Å². The van der Waals surface area contributed by atoms with Crippen LogP contribution in [-0.4, -0.2) is 49.5 Å². The van der Waals surface area contributed by atoms with Crippen LogP contribution in [0, 0.1) is 0 Å². The maximum atomic E-state index is 12.9. The molecule has 158 valence electrons. The fourth-order valence-electron chi connectivity index (χ4n) is 4.37. The van der Waals surface area contributed by atoms with Crippen LogP contribution in [0.5, 0.6) is 5.75 Å². The molecule has 0 bridgehead atoms. The Morgan fingerprint density at radius 1 is 1.13 bits per heavy atom. The Kier molecular flexibility index (Phi) is 6.33. The Bertz CT molecular complexity index is 892. The van der Waals surface area contributed by atoms with Crippen LogP contribution in [0.15, 0.2) is 48.5 Å². The lowest BCUT2D eigenvalue weighted by Gasteiger charge is -2.33. The molecule has 2 amide bonds. The first-order valence-corrected chi connectivity index (χ1v) is 10.8. The summed E-state index contributed by atoms with van der Waals surface area (Å²) in [6, 6.07) is 15.9. The lowest BCUT2D eigenvalue weighted by Crippen LogP contribution is -3.13. The van der Waals surface area contributed by atoms with Crippen molar-refractivity contribution in [3.63, 3.8) is 0 Å². The molecular weight excluding hydrogens is 378 g/mol. The smallest absolute Gasteiger partial charge is 0.225 e. The van der Waals surface area contributed by atoms with Gasteiger partial charge >= 0.3 is 0 Å². The van der Waals surface area contributed by atoms with E-state index < -0.39 is 0 Å². The van der Waals surface area contributed by atoms with Gasteiger partial charge in [-0.2, -0.15) is 0 Å². The van der Waals surface area contributed by atoms with Crippen LogP contribution in [0.3, 0.4) is 0 Å². The summed E-state index contributed by atoms with van der Waals surface area (Å²) in [6.45, 7) is 6.65. The zero-order chi connectivity index (χ0) is 20.9. The zero-order valence-electron chi connectivity index (χ0n) is 17.5. The molecule has 1 atom stereocenters. The summed E-state index contributed by atoms with van der Waals surface area (Å²) in [4.78, 5) is 28.0. The zero-order valence-corrected chi connectivity index (χ0v) is 17.5. The topological polar surface area (TPSA) is 63.1 Å². The van der Waals surface area contributed by atoms with Gasteiger partial charge in [0.2, 0.25) is 11.8 Å². The van der Waals surface area contributed by atoms with E-state index >= 15 is 0 Å². The van der Waals surface area contributed by atoms with Gasteiger partial charge < -0.3 is 19.9 Å². The Hall–Kier alpha value is -2.86. The number of hydrogen-bond acceptors (Lipinski definition) is 3. The molecule has 2 aromatic carbocycles. The number of quaternary nitrogens is 1. The molecule has 30 heavy (non-hydrogen) atoms. The van der Waals surface area contributed by atoms with E-state index in [0.717, 1.165) is 57.1 Å². The number of nitrogens with one attached hydrogen (secondary N) is 2. The SMILES string of the molecule is CC(=O)N[C@@H](CC(=O)N1CC[NH+](Cc2ccc3c(c2)CCO3)CC1)c1ccccc1. The highest BCUT2D eigenvalue weighted by Crippen LogP contribution is 2.25. The molecule has 2 aromatic rings. The van der Waals surface area contributed by atoms with E-state index in [1.54, 1.807) is 0 Å². The molecule has 1 fully saturated rings. The molecule has 6 heteroatoms. The molecule has 6 nitrogen and oxygen atoms in total. The highest BCUT2D eigenvalue weighted by Gasteiger charge is 2.27. The highest BCUT2D eigenvalue weighted by molar-refractivity contribution is 5.79. The van der Waals surface area contributed by atoms with E-state index in [-0.39, 0.29) is 17.9 Å². The van der Waals surface area contributed by atoms with Gasteiger partial charge in [0.15, 0.2) is 0 Å². The van der Waals surface area contributed by atoms with Crippen molar-refractivity contribution in [3.05, 3.63) is 65.2 Å². The van der Waals surface area contributed by atoms with E-state index in [2.05, 4.69) is 23.5 Å². The fraction of sp³-hybridized carbons (Fsp3) is 0.417. The van der Waals surface area contributed by atoms with Gasteiger partial charge in [0, 0.05) is 18.9 Å². The van der Waals surface area contributed by atoms with E-state index in [0.29, 0.717) is 6.42 Å². The van der Waals surface area contributed by atoms with Crippen LogP contribution in [0.4, 0.5) is 0 Å². The highest BCUT2D eigenvalue weighted by atomic mass is 16.5. The van der Waals surface area contributed by atoms with Crippen molar-refractivity contribution in [2.24, 2.45) is 0 Å². The van der Waals surface area contributed by atoms with Crippen molar-refractivity contribution in [1.82, 2.24) is 10.2 Å². The average Bonchev–Trinajstić information content (AvgIpc) is 3.22. The van der Waals surface area contributed by atoms with Gasteiger partial charge in [0.1, 0.15) is 12.3 Å². The van der Waals surface area contributed by atoms with Crippen molar-refractivity contribution in [3.8, 4) is 5.75 Å². The van der Waals surface area contributed by atoms with Crippen molar-refractivity contribution in [2.45, 2.75) is 32.4 Å². The maximum absolute atomic E-state index is 12.9. The number of rotatable bonds is 6. The minimum Gasteiger partial charge on any atom is -0.493 e. The quantitative estimate of drug-likeness (QED) is 0.753. The van der Waals surface area contributed by atoms with E-state index in [4.69, 9.17) is 4.74 Å². The van der Waals surface area contributed by atoms with Gasteiger partial charge in [0.05, 0.1) is 45.2 Å². The molecular formula is C24H30N3O3+. The minimum absolute atomic E-state index is 0.103. The van der Waals surface area contributed by atoms with Crippen LogP contribution in [0.1, 0.15) is 36.1 Å². The molecule has 0 spiro atoms. The second-order valence-corrected chi connectivity index (χ2v) is 8.22. The van der Waals surface area contributed by atoms with Crippen molar-refractivity contribution in [1.29, 1.82) is 0 Å². The molecule has 2 aliphatic rings. The standard InChI is InChI=1S/C24H29N3O3/c1-18(28)25-22(20-5-3-2-4-6-20)16-24(29)27-12-10-26(11-13-27)17-19-7-8-23-21(15-19)9-14-30-23/h2-8,15,22H,9-14,16-17H2,1H3,(H,25,28)/p+1/t22-/m0/s1. The summed E-state index contributed by atoms with van der Waals surface area (Å²) in [6.07, 6.45) is 1.29. The van der Waals surface area contributed by atoms with Crippen LogP contribution in [0.2, 0.25) is 0 Å². The lowest BCUT2D eigenvalue weighted by molar-refractivity contribution is -0.917. The van der Waals surface area contributed by atoms with Crippen LogP contribution in [0.25, 0.3) is 0 Å². The Balaban J connectivity index is 1.30. The van der Waals surface area contributed by atoms with Gasteiger partial charge in [-0.25, -0.2) is 0 Å². The normalized spacial score (nSPS) is 17.2. The second-order valence-electron chi connectivity index (χ2n) is 8.22. The third-order valence-electron chi connectivity index (χ3n) is 5.99. The minimum atomic E-state index is -0.282. The number of nitrogens with zero attached hydrogens (tertiary/aromatic N) is 1. The number of piperazine rings is 1. The summed E-state index contributed by atoms with van der Waals surface area (Å²) < 4.78 is 5.59. The van der Waals surface area contributed by atoms with Crippen LogP contribution < -0.4 is 15.0 Å². The predicted octanol–water partition coefficient (Wildman–Crippen LogP) is 1.12. The molecule has 2 N–H and O–H groups in total. The molecule has 0 unspecified atom stereocenters. The number of hydrogen-bond donors (Lipinski definition) is 2. The fourth-order valence-corrected chi connectivity index (χ4v) is 4.37. The molecule has 2 aliphatic heterocycles. The van der Waals surface area contributed by atoms with Gasteiger partial charge in [-0.15, -0.1) is 0 Å². The van der Waals surface area contributed by atoms with Gasteiger partial charge in [0.25, 0.3) is 0 Å². The molecule has 0 saturated carbocycles. The first kappa shape index (κ1) is 20.4. The number of amides is 2. The second kappa shape index (κ2) is 9.30. The van der Waals surface area contributed by atoms with E-state index in [1.165, 1.54) is 23.0 Å². The van der Waals surface area contributed by atoms with Crippen LogP contribution >= 0.6 is 0 Å². The summed E-state index contributed by atoms with van der Waals surface area (Å²) in [7, 11) is 0. The summed E-state index contributed by atoms with van der Waals surface area (Å²) in [5, 5.41) is 2.93. The number of benzene rings is 2. The first-order chi connectivity index (χ1) is 14.6. The van der Waals surface area contributed by atoms with Gasteiger partial charge in [-0.3, -0.25) is 9.59 Å². The Morgan fingerprint density at radius 3 is 2.63 bits per heavy atom. The van der Waals surface area contributed by atoms with Gasteiger partial charge in [-0.1, -0.05) is 30.3 Å². The number of fused-ring (bicyclic) bond motifs is 1. The summed E-state index contributed by atoms with van der Waals surface area (Å²) in [5.41, 5.74) is 3.61. The van der Waals surface area contributed by atoms with Gasteiger partial charge in [-0.05, 0) is 29.3 Å². The monoisotopic (exact) mass is 408 g/mol. The van der Waals surface area contributed by atoms with Crippen molar-refractivity contribution < 1.29 is 19.2 Å². The third-order valence-corrected chi connectivity index (χ3v) is 5.99. The molecule has 0 radical (unpaired) electrons. The summed E-state index contributed by atoms with van der Waals surface area (Å²) in [5.74, 6) is 1.01. The van der Waals surface area contributed by atoms with Crippen molar-refractivity contribution >= 4 is 11.8 Å². The maximum Gasteiger partial charge on any atom is 0.225 e. The molecule has 0 aromatic heterocycles. The third kappa shape index (κ3) is 5.00. The number of carbonyl (C=O) groups is 2. The average molecular weight is 409 g/mol. The molecule has 2 heterocycles. The van der Waals surface area contributed by atoms with E-state index in [1.807, 2.05) is 35.2 Å². The molecule has 0 aliphatic carbocycles. The number of carbonyl (C=O) groups excluding carboxylic acids is 2. The first-order valence-electron chi connectivity index (χ1n) is 10.8. The van der Waals surface area contributed by atoms with E-state index in [9.17, 15) is 9.59 Å². The summed E-state index contributed by atoms with van der Waals surface area (Å²) >= 11 is 0. The number of ether oxygens (including phenoxy) is 1. The molecule has 4 rings (SSSR count).